The number of halogens is 1. The number of carbonyl (C=O) groups excluding carboxylic acids is 1. The zero-order chi connectivity index (χ0) is 18.1. The molecule has 0 spiro atoms. The summed E-state index contributed by atoms with van der Waals surface area (Å²) in [4.78, 5) is 14.4. The number of fused-ring (bicyclic) bond motifs is 1. The first-order valence-corrected chi connectivity index (χ1v) is 9.29. The summed E-state index contributed by atoms with van der Waals surface area (Å²) in [5.74, 6) is 1.91. The fourth-order valence-electron chi connectivity index (χ4n) is 3.46. The average Bonchev–Trinajstić information content (AvgIpc) is 3.42. The van der Waals surface area contributed by atoms with Gasteiger partial charge in [0.2, 0.25) is 5.91 Å². The van der Waals surface area contributed by atoms with E-state index >= 15 is 0 Å². The number of nitrogens with zero attached hydrogens (tertiary/aromatic N) is 4. The van der Waals surface area contributed by atoms with E-state index in [-0.39, 0.29) is 23.7 Å². The lowest BCUT2D eigenvalue weighted by molar-refractivity contribution is -0.123. The van der Waals surface area contributed by atoms with Gasteiger partial charge in [0.25, 0.3) is 0 Å². The molecule has 1 N–H and O–H groups in total. The first-order valence-electron chi connectivity index (χ1n) is 9.29. The number of nitrogens with one attached hydrogen (secondary N) is 1. The molecule has 1 aliphatic carbocycles. The van der Waals surface area contributed by atoms with Crippen LogP contribution in [0.3, 0.4) is 0 Å². The number of carbonyl (C=O) groups is 1. The Hall–Kier alpha value is -2.28. The summed E-state index contributed by atoms with van der Waals surface area (Å²) in [5.41, 5.74) is 1.11. The molecule has 0 bridgehead atoms. The van der Waals surface area contributed by atoms with Crippen LogP contribution in [0.5, 0.6) is 0 Å². The maximum Gasteiger partial charge on any atom is 0.223 e. The lowest BCUT2D eigenvalue weighted by Crippen LogP contribution is -2.31. The highest BCUT2D eigenvalue weighted by Gasteiger charge is 2.31. The number of hydrogen-bond acceptors (Lipinski definition) is 4. The van der Waals surface area contributed by atoms with E-state index < -0.39 is 0 Å². The van der Waals surface area contributed by atoms with Gasteiger partial charge in [-0.2, -0.15) is 0 Å². The molecule has 138 valence electrons. The molecule has 0 saturated heterocycles. The predicted octanol–water partition coefficient (Wildman–Crippen LogP) is 2.06. The molecule has 7 heteroatoms. The van der Waals surface area contributed by atoms with E-state index in [2.05, 4.69) is 25.0 Å². The molecule has 1 atom stereocenters. The third kappa shape index (κ3) is 3.77. The molecule has 1 saturated carbocycles. The first kappa shape index (κ1) is 17.1. The molecule has 2 heterocycles. The molecule has 2 aromatic rings. The highest BCUT2D eigenvalue weighted by atomic mass is 19.1. The molecule has 1 aromatic carbocycles. The third-order valence-electron chi connectivity index (χ3n) is 5.16. The Morgan fingerprint density at radius 2 is 2.00 bits per heavy atom. The van der Waals surface area contributed by atoms with Gasteiger partial charge >= 0.3 is 0 Å². The highest BCUT2D eigenvalue weighted by Crippen LogP contribution is 2.29. The fraction of sp³-hybridized carbons (Fsp3) is 0.526. The van der Waals surface area contributed by atoms with Gasteiger partial charge in [-0.05, 0) is 37.5 Å². The molecular formula is C19H24FN5O. The Labute approximate surface area is 152 Å². The molecule has 0 radical (unpaired) electrons. The molecule has 1 amide bonds. The van der Waals surface area contributed by atoms with Gasteiger partial charge in [-0.3, -0.25) is 9.69 Å². The van der Waals surface area contributed by atoms with Crippen molar-refractivity contribution in [3.05, 3.63) is 47.3 Å². The molecule has 1 aliphatic heterocycles. The molecular weight excluding hydrogens is 333 g/mol. The van der Waals surface area contributed by atoms with E-state index in [1.54, 1.807) is 0 Å². The smallest absolute Gasteiger partial charge is 0.223 e. The van der Waals surface area contributed by atoms with Crippen LogP contribution in [0.1, 0.15) is 43.0 Å². The molecule has 1 aromatic heterocycles. The van der Waals surface area contributed by atoms with Crippen molar-refractivity contribution in [2.24, 2.45) is 5.92 Å². The van der Waals surface area contributed by atoms with Crippen LogP contribution in [-0.4, -0.2) is 38.7 Å². The van der Waals surface area contributed by atoms with Crippen LogP contribution in [0.4, 0.5) is 4.39 Å². The van der Waals surface area contributed by atoms with Crippen LogP contribution in [-0.2, 0) is 24.3 Å². The molecule has 4 rings (SSSR count). The van der Waals surface area contributed by atoms with Crippen molar-refractivity contribution in [3.63, 3.8) is 0 Å². The topological polar surface area (TPSA) is 63.1 Å². The molecule has 1 unspecified atom stereocenters. The average molecular weight is 357 g/mol. The summed E-state index contributed by atoms with van der Waals surface area (Å²) in [6, 6.07) is 6.55. The van der Waals surface area contributed by atoms with Crippen LogP contribution in [0.25, 0.3) is 0 Å². The second-order valence-electron chi connectivity index (χ2n) is 7.28. The number of aromatic nitrogens is 3. The highest BCUT2D eigenvalue weighted by molar-refractivity contribution is 5.81. The largest absolute Gasteiger partial charge is 0.346 e. The van der Waals surface area contributed by atoms with Gasteiger partial charge in [0.1, 0.15) is 11.6 Å². The summed E-state index contributed by atoms with van der Waals surface area (Å²) in [6.45, 7) is 5.32. The predicted molar refractivity (Wildman–Crippen MR) is 94.7 cm³/mol. The lowest BCUT2D eigenvalue weighted by Gasteiger charge is -2.20. The Balaban J connectivity index is 1.40. The number of amides is 1. The van der Waals surface area contributed by atoms with E-state index in [1.165, 1.54) is 12.1 Å². The maximum absolute atomic E-state index is 13.1. The minimum atomic E-state index is -0.206. The number of rotatable bonds is 5. The normalized spacial score (nSPS) is 18.8. The van der Waals surface area contributed by atoms with E-state index in [0.29, 0.717) is 0 Å². The number of hydrogen-bond donors (Lipinski definition) is 1. The van der Waals surface area contributed by atoms with Gasteiger partial charge in [0.05, 0.1) is 6.04 Å². The van der Waals surface area contributed by atoms with Gasteiger partial charge in [-0.25, -0.2) is 4.39 Å². The Morgan fingerprint density at radius 1 is 1.23 bits per heavy atom. The summed E-state index contributed by atoms with van der Waals surface area (Å²) in [5, 5.41) is 11.7. The Kier molecular flexibility index (Phi) is 4.72. The Bertz CT molecular complexity index is 784. The first-order chi connectivity index (χ1) is 12.6. The molecule has 1 fully saturated rings. The van der Waals surface area contributed by atoms with E-state index in [4.69, 9.17) is 0 Å². The summed E-state index contributed by atoms with van der Waals surface area (Å²) < 4.78 is 15.2. The van der Waals surface area contributed by atoms with Crippen LogP contribution in [0.15, 0.2) is 24.3 Å². The van der Waals surface area contributed by atoms with Crippen molar-refractivity contribution < 1.29 is 9.18 Å². The second-order valence-corrected chi connectivity index (χ2v) is 7.28. The minimum Gasteiger partial charge on any atom is -0.346 e. The van der Waals surface area contributed by atoms with Crippen molar-refractivity contribution in [1.82, 2.24) is 25.0 Å². The van der Waals surface area contributed by atoms with Gasteiger partial charge in [0, 0.05) is 38.5 Å². The third-order valence-corrected chi connectivity index (χ3v) is 5.16. The molecule has 2 aliphatic rings. The van der Waals surface area contributed by atoms with Crippen molar-refractivity contribution in [3.8, 4) is 0 Å². The van der Waals surface area contributed by atoms with Crippen molar-refractivity contribution in [2.75, 3.05) is 13.1 Å². The minimum absolute atomic E-state index is 0.126. The molecule has 6 nitrogen and oxygen atoms in total. The van der Waals surface area contributed by atoms with Crippen LogP contribution in [0, 0.1) is 11.7 Å². The Morgan fingerprint density at radius 3 is 2.73 bits per heavy atom. The van der Waals surface area contributed by atoms with Gasteiger partial charge < -0.3 is 9.88 Å². The van der Waals surface area contributed by atoms with Gasteiger partial charge in [0.15, 0.2) is 5.82 Å². The fourth-order valence-corrected chi connectivity index (χ4v) is 3.46. The van der Waals surface area contributed by atoms with E-state index in [9.17, 15) is 9.18 Å². The standard InChI is InChI=1S/C19H24FN5O/c1-13(21-19(26)15-4-5-15)18-23-22-17-8-9-24(10-11-25(17)18)12-14-2-6-16(20)7-3-14/h2-3,6-7,13,15H,4-5,8-12H2,1H3,(H,21,26). The quantitative estimate of drug-likeness (QED) is 0.890. The van der Waals surface area contributed by atoms with Crippen molar-refractivity contribution in [2.45, 2.75) is 45.3 Å². The van der Waals surface area contributed by atoms with Gasteiger partial charge in [-0.15, -0.1) is 10.2 Å². The number of benzene rings is 1. The van der Waals surface area contributed by atoms with Crippen LogP contribution >= 0.6 is 0 Å². The van der Waals surface area contributed by atoms with Crippen LogP contribution in [0.2, 0.25) is 0 Å². The van der Waals surface area contributed by atoms with Crippen molar-refractivity contribution >= 4 is 5.91 Å². The second kappa shape index (κ2) is 7.15. The van der Waals surface area contributed by atoms with Gasteiger partial charge in [-0.1, -0.05) is 12.1 Å². The zero-order valence-corrected chi connectivity index (χ0v) is 15.0. The monoisotopic (exact) mass is 357 g/mol. The van der Waals surface area contributed by atoms with E-state index in [1.807, 2.05) is 19.1 Å². The lowest BCUT2D eigenvalue weighted by atomic mass is 10.2. The maximum atomic E-state index is 13.1. The summed E-state index contributed by atoms with van der Waals surface area (Å²) in [6.07, 6.45) is 2.81. The van der Waals surface area contributed by atoms with Crippen molar-refractivity contribution in [1.29, 1.82) is 0 Å². The molecule has 26 heavy (non-hydrogen) atoms. The summed E-state index contributed by atoms with van der Waals surface area (Å²) >= 11 is 0. The van der Waals surface area contributed by atoms with E-state index in [0.717, 1.165) is 62.7 Å². The summed E-state index contributed by atoms with van der Waals surface area (Å²) in [7, 11) is 0. The van der Waals surface area contributed by atoms with Crippen LogP contribution < -0.4 is 5.32 Å². The SMILES string of the molecule is CC(NC(=O)C1CC1)c1nnc2n1CCN(Cc1ccc(F)cc1)CC2. The zero-order valence-electron chi connectivity index (χ0n) is 15.0.